The second-order valence-corrected chi connectivity index (χ2v) is 6.39. The van der Waals surface area contributed by atoms with Crippen LogP contribution in [0.4, 0.5) is 0 Å². The molecule has 0 saturated heterocycles. The van der Waals surface area contributed by atoms with E-state index in [0.717, 1.165) is 35.2 Å². The third kappa shape index (κ3) is 5.55. The quantitative estimate of drug-likeness (QED) is 0.444. The molecule has 0 atom stereocenters. The second kappa shape index (κ2) is 10.1. The zero-order valence-corrected chi connectivity index (χ0v) is 16.0. The predicted molar refractivity (Wildman–Crippen MR) is 113 cm³/mol. The molecule has 0 heterocycles. The van der Waals surface area contributed by atoms with Crippen molar-refractivity contribution in [3.63, 3.8) is 0 Å². The third-order valence-corrected chi connectivity index (χ3v) is 4.24. The highest BCUT2D eigenvalue weighted by Crippen LogP contribution is 2.21. The Morgan fingerprint density at radius 2 is 1.46 bits per heavy atom. The lowest BCUT2D eigenvalue weighted by Gasteiger charge is -2.08. The van der Waals surface area contributed by atoms with Gasteiger partial charge in [-0.15, -0.1) is 0 Å². The Bertz CT molecular complexity index is 904. The van der Waals surface area contributed by atoms with Gasteiger partial charge >= 0.3 is 0 Å². The number of benzene rings is 3. The van der Waals surface area contributed by atoms with Crippen LogP contribution in [-0.2, 0) is 4.79 Å². The van der Waals surface area contributed by atoms with E-state index in [2.05, 4.69) is 29.6 Å². The summed E-state index contributed by atoms with van der Waals surface area (Å²) >= 11 is 0. The first kappa shape index (κ1) is 19.4. The summed E-state index contributed by atoms with van der Waals surface area (Å²) in [6, 6.07) is 27.7. The molecule has 3 aromatic rings. The molecular weight excluding hydrogens is 348 g/mol. The van der Waals surface area contributed by atoms with Crippen molar-refractivity contribution >= 4 is 11.6 Å². The third-order valence-electron chi connectivity index (χ3n) is 4.24. The van der Waals surface area contributed by atoms with Crippen molar-refractivity contribution in [1.82, 2.24) is 5.43 Å². The van der Waals surface area contributed by atoms with Crippen molar-refractivity contribution in [2.24, 2.45) is 5.10 Å². The number of nitrogens with one attached hydrogen (secondary N) is 1. The molecule has 142 valence electrons. The molecule has 4 nitrogen and oxygen atoms in total. The minimum atomic E-state index is -0.281. The van der Waals surface area contributed by atoms with E-state index in [4.69, 9.17) is 4.74 Å². The van der Waals surface area contributed by atoms with E-state index >= 15 is 0 Å². The molecule has 1 amide bonds. The van der Waals surface area contributed by atoms with Gasteiger partial charge in [-0.25, -0.2) is 5.43 Å². The molecule has 0 bridgehead atoms. The molecule has 0 aromatic heterocycles. The van der Waals surface area contributed by atoms with E-state index in [0.29, 0.717) is 5.75 Å². The first-order valence-electron chi connectivity index (χ1n) is 9.45. The van der Waals surface area contributed by atoms with Gasteiger partial charge < -0.3 is 4.74 Å². The summed E-state index contributed by atoms with van der Waals surface area (Å²) < 4.78 is 5.58. The van der Waals surface area contributed by atoms with Gasteiger partial charge in [0.1, 0.15) is 5.75 Å². The topological polar surface area (TPSA) is 50.7 Å². The summed E-state index contributed by atoms with van der Waals surface area (Å²) in [5.74, 6) is 0.368. The Balaban J connectivity index is 1.55. The van der Waals surface area contributed by atoms with Gasteiger partial charge in [0.2, 0.25) is 0 Å². The normalized spacial score (nSPS) is 11.1. The SMILES string of the molecule is CCCC(=NNC(=O)COc1ccc(-c2ccccc2)cc1)c1ccccc1. The Morgan fingerprint density at radius 3 is 2.11 bits per heavy atom. The maximum absolute atomic E-state index is 12.1. The van der Waals surface area contributed by atoms with E-state index in [9.17, 15) is 4.79 Å². The summed E-state index contributed by atoms with van der Waals surface area (Å²) in [7, 11) is 0. The molecule has 0 spiro atoms. The Kier molecular flexibility index (Phi) is 6.96. The number of hydrogen-bond donors (Lipinski definition) is 1. The van der Waals surface area contributed by atoms with Crippen LogP contribution in [0.5, 0.6) is 5.75 Å². The maximum Gasteiger partial charge on any atom is 0.277 e. The molecular formula is C24H24N2O2. The average Bonchev–Trinajstić information content (AvgIpc) is 2.77. The van der Waals surface area contributed by atoms with Gasteiger partial charge in [0.25, 0.3) is 5.91 Å². The minimum absolute atomic E-state index is 0.0810. The lowest BCUT2D eigenvalue weighted by molar-refractivity contribution is -0.123. The van der Waals surface area contributed by atoms with Gasteiger partial charge in [-0.3, -0.25) is 4.79 Å². The number of nitrogens with zero attached hydrogens (tertiary/aromatic N) is 1. The molecule has 3 rings (SSSR count). The first-order valence-corrected chi connectivity index (χ1v) is 9.45. The van der Waals surface area contributed by atoms with Gasteiger partial charge in [-0.1, -0.05) is 86.1 Å². The van der Waals surface area contributed by atoms with Crippen molar-refractivity contribution < 1.29 is 9.53 Å². The summed E-state index contributed by atoms with van der Waals surface area (Å²) in [4.78, 5) is 12.1. The highest BCUT2D eigenvalue weighted by Gasteiger charge is 2.06. The fourth-order valence-electron chi connectivity index (χ4n) is 2.82. The molecule has 0 aliphatic rings. The predicted octanol–water partition coefficient (Wildman–Crippen LogP) is 5.05. The van der Waals surface area contributed by atoms with Crippen LogP contribution in [-0.4, -0.2) is 18.2 Å². The van der Waals surface area contributed by atoms with Gasteiger partial charge in [0.15, 0.2) is 6.61 Å². The van der Waals surface area contributed by atoms with Crippen LogP contribution in [0.15, 0.2) is 90.0 Å². The van der Waals surface area contributed by atoms with Crippen molar-refractivity contribution in [3.8, 4) is 16.9 Å². The fourth-order valence-corrected chi connectivity index (χ4v) is 2.82. The van der Waals surface area contributed by atoms with Crippen molar-refractivity contribution in [3.05, 3.63) is 90.5 Å². The van der Waals surface area contributed by atoms with Gasteiger partial charge in [-0.2, -0.15) is 5.10 Å². The number of carbonyl (C=O) groups is 1. The van der Waals surface area contributed by atoms with E-state index in [1.165, 1.54) is 0 Å². The second-order valence-electron chi connectivity index (χ2n) is 6.39. The van der Waals surface area contributed by atoms with Crippen LogP contribution >= 0.6 is 0 Å². The van der Waals surface area contributed by atoms with Gasteiger partial charge in [-0.05, 0) is 35.2 Å². The summed E-state index contributed by atoms with van der Waals surface area (Å²) in [5, 5.41) is 4.29. The first-order chi connectivity index (χ1) is 13.8. The molecule has 0 aliphatic heterocycles. The maximum atomic E-state index is 12.1. The van der Waals surface area contributed by atoms with Gasteiger partial charge in [0.05, 0.1) is 5.71 Å². The number of rotatable bonds is 8. The van der Waals surface area contributed by atoms with Crippen LogP contribution in [0.1, 0.15) is 25.3 Å². The summed E-state index contributed by atoms with van der Waals surface area (Å²) in [6.07, 6.45) is 1.75. The van der Waals surface area contributed by atoms with Crippen molar-refractivity contribution in [2.75, 3.05) is 6.61 Å². The molecule has 0 saturated carbocycles. The molecule has 0 unspecified atom stereocenters. The van der Waals surface area contributed by atoms with Crippen LogP contribution in [0.2, 0.25) is 0 Å². The lowest BCUT2D eigenvalue weighted by Crippen LogP contribution is -2.26. The zero-order chi connectivity index (χ0) is 19.6. The molecule has 28 heavy (non-hydrogen) atoms. The molecule has 3 aromatic carbocycles. The number of hydrazone groups is 1. The minimum Gasteiger partial charge on any atom is -0.484 e. The fraction of sp³-hybridized carbons (Fsp3) is 0.167. The molecule has 4 heteroatoms. The Labute approximate surface area is 165 Å². The zero-order valence-electron chi connectivity index (χ0n) is 16.0. The molecule has 0 radical (unpaired) electrons. The van der Waals surface area contributed by atoms with E-state index in [1.807, 2.05) is 72.8 Å². The van der Waals surface area contributed by atoms with Crippen LogP contribution in [0, 0.1) is 0 Å². The number of hydrogen-bond acceptors (Lipinski definition) is 3. The summed E-state index contributed by atoms with van der Waals surface area (Å²) in [6.45, 7) is 2.00. The highest BCUT2D eigenvalue weighted by molar-refractivity contribution is 6.01. The van der Waals surface area contributed by atoms with Crippen LogP contribution in [0.25, 0.3) is 11.1 Å². The number of carbonyl (C=O) groups excluding carboxylic acids is 1. The van der Waals surface area contributed by atoms with Crippen LogP contribution in [0.3, 0.4) is 0 Å². The Hall–Kier alpha value is -3.40. The van der Waals surface area contributed by atoms with E-state index in [-0.39, 0.29) is 12.5 Å². The van der Waals surface area contributed by atoms with E-state index in [1.54, 1.807) is 0 Å². The molecule has 0 aliphatic carbocycles. The largest absolute Gasteiger partial charge is 0.484 e. The smallest absolute Gasteiger partial charge is 0.277 e. The van der Waals surface area contributed by atoms with Crippen molar-refractivity contribution in [1.29, 1.82) is 0 Å². The lowest BCUT2D eigenvalue weighted by atomic mass is 10.1. The number of amides is 1. The standard InChI is InChI=1S/C24H24N2O2/c1-2-9-23(21-12-7-4-8-13-21)25-26-24(27)18-28-22-16-14-20(15-17-22)19-10-5-3-6-11-19/h3-8,10-17H,2,9,18H2,1H3,(H,26,27). The van der Waals surface area contributed by atoms with Crippen molar-refractivity contribution in [2.45, 2.75) is 19.8 Å². The van der Waals surface area contributed by atoms with Crippen LogP contribution < -0.4 is 10.2 Å². The summed E-state index contributed by atoms with van der Waals surface area (Å²) in [5.41, 5.74) is 6.73. The van der Waals surface area contributed by atoms with E-state index < -0.39 is 0 Å². The Morgan fingerprint density at radius 1 is 0.857 bits per heavy atom. The van der Waals surface area contributed by atoms with Gasteiger partial charge in [0, 0.05) is 0 Å². The molecule has 1 N–H and O–H groups in total. The highest BCUT2D eigenvalue weighted by atomic mass is 16.5. The average molecular weight is 372 g/mol. The molecule has 0 fully saturated rings. The number of ether oxygens (including phenoxy) is 1. The monoisotopic (exact) mass is 372 g/mol.